The van der Waals surface area contributed by atoms with Crippen LogP contribution in [0.25, 0.3) is 0 Å². The zero-order valence-electron chi connectivity index (χ0n) is 13.2. The molecule has 1 nitrogen and oxygen atoms in total. The zero-order valence-corrected chi connectivity index (χ0v) is 14.8. The Hall–Kier alpha value is -0.410. The molecule has 0 bridgehead atoms. The van der Waals surface area contributed by atoms with Crippen LogP contribution >= 0.6 is 15.9 Å². The molecular formula is C18H27BrFN. The van der Waals surface area contributed by atoms with Gasteiger partial charge in [0.15, 0.2) is 0 Å². The van der Waals surface area contributed by atoms with E-state index >= 15 is 0 Å². The third kappa shape index (κ3) is 4.79. The third-order valence-corrected chi connectivity index (χ3v) is 5.56. The van der Waals surface area contributed by atoms with Crippen LogP contribution in [0.5, 0.6) is 0 Å². The summed E-state index contributed by atoms with van der Waals surface area (Å²) in [6.07, 6.45) is 7.42. The lowest BCUT2D eigenvalue weighted by Gasteiger charge is -2.37. The molecule has 0 heterocycles. The minimum absolute atomic E-state index is 0.165. The summed E-state index contributed by atoms with van der Waals surface area (Å²) in [5.74, 6) is 1.35. The van der Waals surface area contributed by atoms with Crippen LogP contribution in [-0.2, 0) is 6.42 Å². The lowest BCUT2D eigenvalue weighted by Crippen LogP contribution is -2.42. The standard InChI is InChI=1S/C18H27BrFN/c1-3-9-21-18-8-5-13(4-2)10-15(18)11-14-6-7-16(20)12-17(14)19/h6-7,12-13,15,18,21H,3-5,8-11H2,1-2H3. The fourth-order valence-corrected chi connectivity index (χ4v) is 4.04. The van der Waals surface area contributed by atoms with E-state index in [1.54, 1.807) is 12.1 Å². The normalized spacial score (nSPS) is 26.0. The van der Waals surface area contributed by atoms with Crippen molar-refractivity contribution in [1.29, 1.82) is 0 Å². The van der Waals surface area contributed by atoms with E-state index in [9.17, 15) is 4.39 Å². The second kappa shape index (κ2) is 8.28. The van der Waals surface area contributed by atoms with Crippen LogP contribution in [0.4, 0.5) is 4.39 Å². The van der Waals surface area contributed by atoms with Gasteiger partial charge in [-0.3, -0.25) is 0 Å². The topological polar surface area (TPSA) is 12.0 Å². The van der Waals surface area contributed by atoms with Gasteiger partial charge in [-0.2, -0.15) is 0 Å². The largest absolute Gasteiger partial charge is 0.314 e. The van der Waals surface area contributed by atoms with Gasteiger partial charge < -0.3 is 5.32 Å². The summed E-state index contributed by atoms with van der Waals surface area (Å²) in [6.45, 7) is 5.62. The van der Waals surface area contributed by atoms with Gasteiger partial charge in [0.25, 0.3) is 0 Å². The lowest BCUT2D eigenvalue weighted by atomic mass is 9.74. The minimum atomic E-state index is -0.165. The Morgan fingerprint density at radius 1 is 1.29 bits per heavy atom. The molecule has 0 saturated heterocycles. The number of nitrogens with one attached hydrogen (secondary N) is 1. The highest BCUT2D eigenvalue weighted by atomic mass is 79.9. The molecule has 0 amide bonds. The third-order valence-electron chi connectivity index (χ3n) is 4.82. The van der Waals surface area contributed by atoms with Crippen molar-refractivity contribution in [3.63, 3.8) is 0 Å². The molecule has 1 fully saturated rings. The molecular weight excluding hydrogens is 329 g/mol. The molecule has 0 radical (unpaired) electrons. The van der Waals surface area contributed by atoms with Crippen LogP contribution in [0.1, 0.15) is 51.5 Å². The highest BCUT2D eigenvalue weighted by Crippen LogP contribution is 2.34. The quantitative estimate of drug-likeness (QED) is 0.727. The van der Waals surface area contributed by atoms with Crippen molar-refractivity contribution in [2.24, 2.45) is 11.8 Å². The van der Waals surface area contributed by atoms with Crippen LogP contribution in [-0.4, -0.2) is 12.6 Å². The first kappa shape index (κ1) is 17.0. The first-order chi connectivity index (χ1) is 10.1. The molecule has 21 heavy (non-hydrogen) atoms. The summed E-state index contributed by atoms with van der Waals surface area (Å²) in [5.41, 5.74) is 1.24. The lowest BCUT2D eigenvalue weighted by molar-refractivity contribution is 0.198. The number of hydrogen-bond acceptors (Lipinski definition) is 1. The molecule has 0 aliphatic heterocycles. The second-order valence-corrected chi connectivity index (χ2v) is 7.20. The van der Waals surface area contributed by atoms with Crippen LogP contribution in [0.3, 0.4) is 0 Å². The SMILES string of the molecule is CCCNC1CCC(CC)CC1Cc1ccc(F)cc1Br. The van der Waals surface area contributed by atoms with Gasteiger partial charge >= 0.3 is 0 Å². The maximum atomic E-state index is 13.2. The maximum Gasteiger partial charge on any atom is 0.124 e. The van der Waals surface area contributed by atoms with E-state index in [1.807, 2.05) is 6.07 Å². The molecule has 1 aliphatic rings. The van der Waals surface area contributed by atoms with Crippen molar-refractivity contribution in [2.45, 2.75) is 58.4 Å². The Morgan fingerprint density at radius 3 is 2.76 bits per heavy atom. The van der Waals surface area contributed by atoms with Crippen molar-refractivity contribution in [1.82, 2.24) is 5.32 Å². The molecule has 118 valence electrons. The van der Waals surface area contributed by atoms with Crippen molar-refractivity contribution in [2.75, 3.05) is 6.54 Å². The van der Waals surface area contributed by atoms with Gasteiger partial charge in [0, 0.05) is 10.5 Å². The Labute approximate surface area is 136 Å². The summed E-state index contributed by atoms with van der Waals surface area (Å²) in [4.78, 5) is 0. The molecule has 3 heteroatoms. The number of hydrogen-bond donors (Lipinski definition) is 1. The van der Waals surface area contributed by atoms with Crippen molar-refractivity contribution in [3.8, 4) is 0 Å². The molecule has 0 spiro atoms. The highest BCUT2D eigenvalue weighted by molar-refractivity contribution is 9.10. The monoisotopic (exact) mass is 355 g/mol. The molecule has 1 aliphatic carbocycles. The van der Waals surface area contributed by atoms with Crippen LogP contribution in [0.2, 0.25) is 0 Å². The van der Waals surface area contributed by atoms with Gasteiger partial charge in [-0.25, -0.2) is 4.39 Å². The fraction of sp³-hybridized carbons (Fsp3) is 0.667. The van der Waals surface area contributed by atoms with E-state index in [-0.39, 0.29) is 5.82 Å². The van der Waals surface area contributed by atoms with Gasteiger partial charge in [0.1, 0.15) is 5.82 Å². The van der Waals surface area contributed by atoms with Crippen LogP contribution in [0.15, 0.2) is 22.7 Å². The predicted molar refractivity (Wildman–Crippen MR) is 91.0 cm³/mol. The molecule has 1 aromatic carbocycles. The molecule has 1 aromatic rings. The molecule has 3 atom stereocenters. The Balaban J connectivity index is 2.07. The summed E-state index contributed by atoms with van der Waals surface area (Å²) in [5, 5.41) is 3.73. The summed E-state index contributed by atoms with van der Waals surface area (Å²) >= 11 is 3.52. The van der Waals surface area contributed by atoms with Gasteiger partial charge in [0.05, 0.1) is 0 Å². The van der Waals surface area contributed by atoms with E-state index in [4.69, 9.17) is 0 Å². The summed E-state index contributed by atoms with van der Waals surface area (Å²) in [7, 11) is 0. The Kier molecular flexibility index (Phi) is 6.69. The highest BCUT2D eigenvalue weighted by Gasteiger charge is 2.29. The van der Waals surface area contributed by atoms with E-state index in [2.05, 4.69) is 35.1 Å². The van der Waals surface area contributed by atoms with E-state index in [0.29, 0.717) is 12.0 Å². The number of benzene rings is 1. The van der Waals surface area contributed by atoms with Crippen molar-refractivity contribution < 1.29 is 4.39 Å². The predicted octanol–water partition coefficient (Wildman–Crippen LogP) is 5.33. The van der Waals surface area contributed by atoms with E-state index < -0.39 is 0 Å². The van der Waals surface area contributed by atoms with Gasteiger partial charge in [-0.05, 0) is 68.2 Å². The van der Waals surface area contributed by atoms with E-state index in [1.165, 1.54) is 37.7 Å². The average Bonchev–Trinajstić information content (AvgIpc) is 2.48. The Bertz CT molecular complexity index is 449. The minimum Gasteiger partial charge on any atom is -0.314 e. The first-order valence-corrected chi connectivity index (χ1v) is 9.10. The fourth-order valence-electron chi connectivity index (χ4n) is 3.53. The van der Waals surface area contributed by atoms with Crippen LogP contribution in [0, 0.1) is 17.7 Å². The van der Waals surface area contributed by atoms with Gasteiger partial charge in [0.2, 0.25) is 0 Å². The first-order valence-electron chi connectivity index (χ1n) is 8.31. The summed E-state index contributed by atoms with van der Waals surface area (Å²) < 4.78 is 14.2. The average molecular weight is 356 g/mol. The number of halogens is 2. The summed E-state index contributed by atoms with van der Waals surface area (Å²) in [6, 6.07) is 5.72. The molecule has 2 rings (SSSR count). The van der Waals surface area contributed by atoms with Gasteiger partial charge in [-0.1, -0.05) is 42.3 Å². The molecule has 1 N–H and O–H groups in total. The van der Waals surface area contributed by atoms with Gasteiger partial charge in [-0.15, -0.1) is 0 Å². The zero-order chi connectivity index (χ0) is 15.2. The Morgan fingerprint density at radius 2 is 2.10 bits per heavy atom. The maximum absolute atomic E-state index is 13.2. The number of rotatable bonds is 6. The van der Waals surface area contributed by atoms with Crippen LogP contribution < -0.4 is 5.32 Å². The van der Waals surface area contributed by atoms with Crippen molar-refractivity contribution in [3.05, 3.63) is 34.1 Å². The molecule has 1 saturated carbocycles. The molecule has 0 aromatic heterocycles. The smallest absolute Gasteiger partial charge is 0.124 e. The second-order valence-electron chi connectivity index (χ2n) is 6.35. The van der Waals surface area contributed by atoms with E-state index in [0.717, 1.165) is 23.4 Å². The molecule has 3 unspecified atom stereocenters. The van der Waals surface area contributed by atoms with Crippen molar-refractivity contribution >= 4 is 15.9 Å².